The largest absolute Gasteiger partial charge is 0.497 e. The lowest BCUT2D eigenvalue weighted by molar-refractivity contribution is -0.138. The van der Waals surface area contributed by atoms with Crippen molar-refractivity contribution in [3.05, 3.63) is 58.1 Å². The lowest BCUT2D eigenvalue weighted by Gasteiger charge is -2.22. The van der Waals surface area contributed by atoms with Crippen LogP contribution in [0.3, 0.4) is 0 Å². The molecule has 1 heterocycles. The number of nitrogens with zero attached hydrogens (tertiary/aromatic N) is 1. The molecule has 1 aliphatic rings. The van der Waals surface area contributed by atoms with E-state index in [4.69, 9.17) is 9.47 Å². The molecule has 4 nitrogen and oxygen atoms in total. The Hall–Kier alpha value is -2.01. The zero-order valence-electron chi connectivity index (χ0n) is 13.1. The van der Waals surface area contributed by atoms with Crippen molar-refractivity contribution in [2.45, 2.75) is 26.1 Å². The smallest absolute Gasteiger partial charge is 0.263 e. The Morgan fingerprint density at radius 2 is 2.00 bits per heavy atom. The molecular formula is C18H18BrNO3. The molecule has 1 atom stereocenters. The maximum absolute atomic E-state index is 12.6. The zero-order valence-corrected chi connectivity index (χ0v) is 14.7. The van der Waals surface area contributed by atoms with Gasteiger partial charge in [-0.05, 0) is 36.8 Å². The first-order chi connectivity index (χ1) is 11.1. The predicted octanol–water partition coefficient (Wildman–Crippen LogP) is 3.77. The van der Waals surface area contributed by atoms with Gasteiger partial charge in [-0.1, -0.05) is 34.1 Å². The quantitative estimate of drug-likeness (QED) is 0.819. The predicted molar refractivity (Wildman–Crippen MR) is 91.5 cm³/mol. The molecule has 0 saturated heterocycles. The summed E-state index contributed by atoms with van der Waals surface area (Å²) >= 11 is 3.44. The van der Waals surface area contributed by atoms with Gasteiger partial charge < -0.3 is 14.4 Å². The van der Waals surface area contributed by atoms with Gasteiger partial charge in [0.2, 0.25) is 0 Å². The SMILES string of the molecule is COc1ccc(CN2Cc3ccc(Br)cc3OC(C)C2=O)cc1. The topological polar surface area (TPSA) is 38.8 Å². The third-order valence-electron chi connectivity index (χ3n) is 3.89. The molecule has 2 aromatic carbocycles. The molecule has 0 bridgehead atoms. The summed E-state index contributed by atoms with van der Waals surface area (Å²) in [5.74, 6) is 1.56. The van der Waals surface area contributed by atoms with Crippen molar-refractivity contribution in [2.75, 3.05) is 7.11 Å². The highest BCUT2D eigenvalue weighted by atomic mass is 79.9. The number of halogens is 1. The summed E-state index contributed by atoms with van der Waals surface area (Å²) in [5, 5.41) is 0. The number of hydrogen-bond donors (Lipinski definition) is 0. The number of rotatable bonds is 3. The van der Waals surface area contributed by atoms with Crippen molar-refractivity contribution < 1.29 is 14.3 Å². The van der Waals surface area contributed by atoms with Crippen molar-refractivity contribution >= 4 is 21.8 Å². The second-order valence-electron chi connectivity index (χ2n) is 5.55. The summed E-state index contributed by atoms with van der Waals surface area (Å²) in [6.07, 6.45) is -0.496. The van der Waals surface area contributed by atoms with Crippen LogP contribution >= 0.6 is 15.9 Å². The molecule has 0 aliphatic carbocycles. The van der Waals surface area contributed by atoms with Crippen LogP contribution in [-0.2, 0) is 17.9 Å². The van der Waals surface area contributed by atoms with Gasteiger partial charge in [-0.2, -0.15) is 0 Å². The molecule has 1 amide bonds. The van der Waals surface area contributed by atoms with Crippen LogP contribution in [-0.4, -0.2) is 24.0 Å². The molecule has 0 fully saturated rings. The van der Waals surface area contributed by atoms with Gasteiger partial charge in [0.15, 0.2) is 6.10 Å². The number of fused-ring (bicyclic) bond motifs is 1. The van der Waals surface area contributed by atoms with Crippen molar-refractivity contribution in [1.82, 2.24) is 4.90 Å². The Kier molecular flexibility index (Phi) is 4.57. The Bertz CT molecular complexity index is 715. The third kappa shape index (κ3) is 3.50. The van der Waals surface area contributed by atoms with Crippen LogP contribution in [0.1, 0.15) is 18.1 Å². The van der Waals surface area contributed by atoms with E-state index in [1.807, 2.05) is 47.4 Å². The summed E-state index contributed by atoms with van der Waals surface area (Å²) in [4.78, 5) is 14.4. The van der Waals surface area contributed by atoms with E-state index in [0.717, 1.165) is 27.1 Å². The number of benzene rings is 2. The molecule has 0 N–H and O–H groups in total. The van der Waals surface area contributed by atoms with Gasteiger partial charge in [0.1, 0.15) is 11.5 Å². The summed E-state index contributed by atoms with van der Waals surface area (Å²) in [7, 11) is 1.64. The first kappa shape index (κ1) is 15.9. The van der Waals surface area contributed by atoms with Gasteiger partial charge in [0.05, 0.1) is 7.11 Å². The number of amides is 1. The van der Waals surface area contributed by atoms with E-state index in [1.54, 1.807) is 14.0 Å². The minimum atomic E-state index is -0.496. The molecule has 1 unspecified atom stereocenters. The lowest BCUT2D eigenvalue weighted by Crippen LogP contribution is -2.37. The van der Waals surface area contributed by atoms with Crippen LogP contribution in [0.15, 0.2) is 46.9 Å². The summed E-state index contributed by atoms with van der Waals surface area (Å²) in [5.41, 5.74) is 2.08. The Morgan fingerprint density at radius 3 is 2.70 bits per heavy atom. The molecular weight excluding hydrogens is 358 g/mol. The van der Waals surface area contributed by atoms with E-state index in [0.29, 0.717) is 13.1 Å². The van der Waals surface area contributed by atoms with E-state index in [9.17, 15) is 4.79 Å². The fourth-order valence-corrected chi connectivity index (χ4v) is 2.98. The first-order valence-corrected chi connectivity index (χ1v) is 8.23. The Morgan fingerprint density at radius 1 is 1.26 bits per heavy atom. The van der Waals surface area contributed by atoms with Gasteiger partial charge in [0, 0.05) is 23.1 Å². The third-order valence-corrected chi connectivity index (χ3v) is 4.38. The van der Waals surface area contributed by atoms with Crippen LogP contribution in [0.5, 0.6) is 11.5 Å². The minimum absolute atomic E-state index is 0.00635. The average Bonchev–Trinajstić information content (AvgIpc) is 2.66. The maximum atomic E-state index is 12.6. The minimum Gasteiger partial charge on any atom is -0.497 e. The second kappa shape index (κ2) is 6.62. The van der Waals surface area contributed by atoms with Gasteiger partial charge in [0.25, 0.3) is 5.91 Å². The maximum Gasteiger partial charge on any atom is 0.263 e. The number of methoxy groups -OCH3 is 1. The van der Waals surface area contributed by atoms with E-state index in [2.05, 4.69) is 15.9 Å². The zero-order chi connectivity index (χ0) is 16.4. The Labute approximate surface area is 144 Å². The summed E-state index contributed by atoms with van der Waals surface area (Å²) in [6, 6.07) is 13.6. The van der Waals surface area contributed by atoms with Gasteiger partial charge in [-0.15, -0.1) is 0 Å². The molecule has 3 rings (SSSR count). The van der Waals surface area contributed by atoms with Crippen molar-refractivity contribution in [3.63, 3.8) is 0 Å². The highest BCUT2D eigenvalue weighted by Crippen LogP contribution is 2.29. The van der Waals surface area contributed by atoms with Crippen LogP contribution in [0.2, 0.25) is 0 Å². The van der Waals surface area contributed by atoms with E-state index in [-0.39, 0.29) is 5.91 Å². The standard InChI is InChI=1S/C18H18BrNO3/c1-12-18(21)20(10-13-3-7-16(22-2)8-4-13)11-14-5-6-15(19)9-17(14)23-12/h3-9,12H,10-11H2,1-2H3. The average molecular weight is 376 g/mol. The van der Waals surface area contributed by atoms with Crippen LogP contribution in [0, 0.1) is 0 Å². The Balaban J connectivity index is 1.85. The van der Waals surface area contributed by atoms with E-state index < -0.39 is 6.10 Å². The molecule has 0 aromatic heterocycles. The van der Waals surface area contributed by atoms with E-state index >= 15 is 0 Å². The summed E-state index contributed by atoms with van der Waals surface area (Å²) < 4.78 is 11.9. The van der Waals surface area contributed by atoms with Gasteiger partial charge in [-0.3, -0.25) is 4.79 Å². The molecule has 0 saturated carbocycles. The molecule has 1 aliphatic heterocycles. The molecule has 5 heteroatoms. The molecule has 0 radical (unpaired) electrons. The number of carbonyl (C=O) groups excluding carboxylic acids is 1. The second-order valence-corrected chi connectivity index (χ2v) is 6.47. The molecule has 2 aromatic rings. The van der Waals surface area contributed by atoms with Crippen molar-refractivity contribution in [3.8, 4) is 11.5 Å². The monoisotopic (exact) mass is 375 g/mol. The fourth-order valence-electron chi connectivity index (χ4n) is 2.64. The van der Waals surface area contributed by atoms with Crippen LogP contribution < -0.4 is 9.47 Å². The molecule has 23 heavy (non-hydrogen) atoms. The van der Waals surface area contributed by atoms with Gasteiger partial charge in [-0.25, -0.2) is 0 Å². The van der Waals surface area contributed by atoms with Crippen LogP contribution in [0.4, 0.5) is 0 Å². The number of ether oxygens (including phenoxy) is 2. The van der Waals surface area contributed by atoms with Gasteiger partial charge >= 0.3 is 0 Å². The molecule has 120 valence electrons. The highest BCUT2D eigenvalue weighted by molar-refractivity contribution is 9.10. The van der Waals surface area contributed by atoms with Crippen molar-refractivity contribution in [2.24, 2.45) is 0 Å². The van der Waals surface area contributed by atoms with E-state index in [1.165, 1.54) is 0 Å². The van der Waals surface area contributed by atoms with Crippen LogP contribution in [0.25, 0.3) is 0 Å². The number of carbonyl (C=O) groups is 1. The normalized spacial score (nSPS) is 17.3. The van der Waals surface area contributed by atoms with Crippen molar-refractivity contribution in [1.29, 1.82) is 0 Å². The lowest BCUT2D eigenvalue weighted by atomic mass is 10.1. The summed E-state index contributed by atoms with van der Waals surface area (Å²) in [6.45, 7) is 2.88. The highest BCUT2D eigenvalue weighted by Gasteiger charge is 2.27. The fraction of sp³-hybridized carbons (Fsp3) is 0.278. The molecule has 0 spiro atoms. The first-order valence-electron chi connectivity index (χ1n) is 7.43. The number of hydrogen-bond acceptors (Lipinski definition) is 3.